The van der Waals surface area contributed by atoms with Crippen LogP contribution >= 0.6 is 0 Å². The lowest BCUT2D eigenvalue weighted by atomic mass is 10.1. The summed E-state index contributed by atoms with van der Waals surface area (Å²) < 4.78 is 0. The Morgan fingerprint density at radius 1 is 1.13 bits per heavy atom. The summed E-state index contributed by atoms with van der Waals surface area (Å²) in [4.78, 5) is 23.3. The highest BCUT2D eigenvalue weighted by Crippen LogP contribution is 2.18. The van der Waals surface area contributed by atoms with Crippen LogP contribution in [0, 0.1) is 0 Å². The predicted octanol–water partition coefficient (Wildman–Crippen LogP) is 3.56. The normalized spacial score (nSPS) is 15.9. The second-order valence-corrected chi connectivity index (χ2v) is 6.41. The van der Waals surface area contributed by atoms with E-state index in [4.69, 9.17) is 0 Å². The summed E-state index contributed by atoms with van der Waals surface area (Å²) in [7, 11) is 0. The van der Waals surface area contributed by atoms with Gasteiger partial charge in [-0.15, -0.1) is 0 Å². The average Bonchev–Trinajstić information content (AvgIpc) is 2.83. The van der Waals surface area contributed by atoms with E-state index in [1.807, 2.05) is 6.07 Å². The van der Waals surface area contributed by atoms with Crippen molar-refractivity contribution in [2.75, 3.05) is 18.0 Å². The average molecular weight is 318 g/mol. The van der Waals surface area contributed by atoms with Crippen LogP contribution in [-0.4, -0.2) is 35.0 Å². The van der Waals surface area contributed by atoms with Gasteiger partial charge in [0, 0.05) is 25.2 Å². The number of carbonyl (C=O) groups excluding carboxylic acids is 1. The summed E-state index contributed by atoms with van der Waals surface area (Å²) in [6.45, 7) is 6.22. The molecule has 0 aromatic carbocycles. The number of anilines is 1. The Balaban J connectivity index is 2.03. The Morgan fingerprint density at radius 2 is 1.78 bits per heavy atom. The third kappa shape index (κ3) is 5.48. The van der Waals surface area contributed by atoms with Crippen molar-refractivity contribution in [3.8, 4) is 0 Å². The van der Waals surface area contributed by atoms with E-state index in [0.29, 0.717) is 11.7 Å². The van der Waals surface area contributed by atoms with Crippen LogP contribution in [0.25, 0.3) is 0 Å². The van der Waals surface area contributed by atoms with Crippen molar-refractivity contribution >= 4 is 11.7 Å². The van der Waals surface area contributed by atoms with E-state index in [1.54, 1.807) is 0 Å². The van der Waals surface area contributed by atoms with Gasteiger partial charge in [-0.25, -0.2) is 9.97 Å². The molecule has 128 valence electrons. The Morgan fingerprint density at radius 3 is 2.39 bits per heavy atom. The summed E-state index contributed by atoms with van der Waals surface area (Å²) in [6.07, 6.45) is 10.8. The highest BCUT2D eigenvalue weighted by Gasteiger charge is 2.17. The van der Waals surface area contributed by atoms with Crippen LogP contribution in [0.1, 0.15) is 75.7 Å². The van der Waals surface area contributed by atoms with Crippen molar-refractivity contribution < 1.29 is 4.79 Å². The number of carbonyl (C=O) groups is 1. The molecule has 1 saturated carbocycles. The molecule has 0 bridgehead atoms. The first kappa shape index (κ1) is 17.7. The van der Waals surface area contributed by atoms with Crippen LogP contribution in [0.5, 0.6) is 0 Å². The Kier molecular flexibility index (Phi) is 7.30. The van der Waals surface area contributed by atoms with E-state index >= 15 is 0 Å². The molecular formula is C18H30N4O. The monoisotopic (exact) mass is 318 g/mol. The van der Waals surface area contributed by atoms with Gasteiger partial charge in [0.25, 0.3) is 5.91 Å². The van der Waals surface area contributed by atoms with Crippen LogP contribution in [0.15, 0.2) is 12.4 Å². The number of hydrogen-bond acceptors (Lipinski definition) is 4. The van der Waals surface area contributed by atoms with Crippen molar-refractivity contribution in [3.63, 3.8) is 0 Å². The smallest absolute Gasteiger partial charge is 0.270 e. The van der Waals surface area contributed by atoms with Gasteiger partial charge in [-0.3, -0.25) is 4.79 Å². The molecule has 0 spiro atoms. The van der Waals surface area contributed by atoms with Gasteiger partial charge in [-0.2, -0.15) is 0 Å². The van der Waals surface area contributed by atoms with Gasteiger partial charge in [0.2, 0.25) is 0 Å². The number of rotatable bonds is 7. The van der Waals surface area contributed by atoms with E-state index in [9.17, 15) is 4.79 Å². The molecule has 0 saturated heterocycles. The highest BCUT2D eigenvalue weighted by atomic mass is 16.1. The van der Waals surface area contributed by atoms with Gasteiger partial charge in [0.1, 0.15) is 17.8 Å². The molecule has 1 fully saturated rings. The highest BCUT2D eigenvalue weighted by molar-refractivity contribution is 5.93. The predicted molar refractivity (Wildman–Crippen MR) is 93.8 cm³/mol. The van der Waals surface area contributed by atoms with Gasteiger partial charge in [-0.1, -0.05) is 39.5 Å². The summed E-state index contributed by atoms with van der Waals surface area (Å²) in [5, 5.41) is 3.16. The largest absolute Gasteiger partial charge is 0.357 e. The molecule has 2 rings (SSSR count). The maximum absolute atomic E-state index is 12.5. The molecule has 0 atom stereocenters. The topological polar surface area (TPSA) is 58.1 Å². The van der Waals surface area contributed by atoms with E-state index in [1.165, 1.54) is 32.0 Å². The van der Waals surface area contributed by atoms with E-state index in [-0.39, 0.29) is 5.91 Å². The third-order valence-corrected chi connectivity index (χ3v) is 4.39. The molecular weight excluding hydrogens is 288 g/mol. The molecule has 1 aromatic rings. The first-order valence-electron chi connectivity index (χ1n) is 9.12. The Labute approximate surface area is 139 Å². The van der Waals surface area contributed by atoms with Crippen LogP contribution in [0.4, 0.5) is 5.82 Å². The first-order valence-corrected chi connectivity index (χ1v) is 9.12. The fourth-order valence-corrected chi connectivity index (χ4v) is 3.21. The molecule has 1 amide bonds. The van der Waals surface area contributed by atoms with E-state index < -0.39 is 0 Å². The van der Waals surface area contributed by atoms with Gasteiger partial charge in [-0.05, 0) is 25.7 Å². The van der Waals surface area contributed by atoms with Crippen LogP contribution < -0.4 is 10.2 Å². The van der Waals surface area contributed by atoms with Gasteiger partial charge >= 0.3 is 0 Å². The van der Waals surface area contributed by atoms with Crippen molar-refractivity contribution in [2.24, 2.45) is 0 Å². The standard InChI is InChI=1S/C18H30N4O/c1-3-11-22(12-4-2)17-13-16(19-14-20-17)18(23)21-15-9-7-5-6-8-10-15/h13-15H,3-12H2,1-2H3,(H,21,23). The quantitative estimate of drug-likeness (QED) is 0.781. The van der Waals surface area contributed by atoms with Crippen LogP contribution in [-0.2, 0) is 0 Å². The molecule has 1 heterocycles. The second kappa shape index (κ2) is 9.48. The summed E-state index contributed by atoms with van der Waals surface area (Å²) in [6, 6.07) is 2.13. The fourth-order valence-electron chi connectivity index (χ4n) is 3.21. The maximum atomic E-state index is 12.5. The first-order chi connectivity index (χ1) is 11.2. The van der Waals surface area contributed by atoms with E-state index in [2.05, 4.69) is 34.0 Å². The maximum Gasteiger partial charge on any atom is 0.270 e. The lowest BCUT2D eigenvalue weighted by molar-refractivity contribution is 0.0928. The minimum Gasteiger partial charge on any atom is -0.357 e. The second-order valence-electron chi connectivity index (χ2n) is 6.41. The molecule has 1 aromatic heterocycles. The number of hydrogen-bond donors (Lipinski definition) is 1. The fraction of sp³-hybridized carbons (Fsp3) is 0.722. The zero-order valence-electron chi connectivity index (χ0n) is 14.6. The lowest BCUT2D eigenvalue weighted by Crippen LogP contribution is -2.35. The third-order valence-electron chi connectivity index (χ3n) is 4.39. The van der Waals surface area contributed by atoms with Crippen LogP contribution in [0.2, 0.25) is 0 Å². The van der Waals surface area contributed by atoms with Crippen molar-refractivity contribution in [1.82, 2.24) is 15.3 Å². The van der Waals surface area contributed by atoms with Crippen LogP contribution in [0.3, 0.4) is 0 Å². The summed E-state index contributed by atoms with van der Waals surface area (Å²) >= 11 is 0. The zero-order chi connectivity index (χ0) is 16.5. The Bertz CT molecular complexity index is 478. The van der Waals surface area contributed by atoms with Gasteiger partial charge < -0.3 is 10.2 Å². The van der Waals surface area contributed by atoms with Crippen molar-refractivity contribution in [2.45, 2.75) is 71.3 Å². The zero-order valence-corrected chi connectivity index (χ0v) is 14.6. The molecule has 1 aliphatic rings. The molecule has 0 radical (unpaired) electrons. The number of nitrogens with zero attached hydrogens (tertiary/aromatic N) is 3. The number of nitrogens with one attached hydrogen (secondary N) is 1. The Hall–Kier alpha value is -1.65. The lowest BCUT2D eigenvalue weighted by Gasteiger charge is -2.22. The number of aromatic nitrogens is 2. The van der Waals surface area contributed by atoms with Crippen molar-refractivity contribution in [3.05, 3.63) is 18.1 Å². The molecule has 5 nitrogen and oxygen atoms in total. The minimum atomic E-state index is -0.0616. The number of amides is 1. The molecule has 23 heavy (non-hydrogen) atoms. The molecule has 5 heteroatoms. The molecule has 1 aliphatic carbocycles. The van der Waals surface area contributed by atoms with Gasteiger partial charge in [0.15, 0.2) is 0 Å². The molecule has 1 N–H and O–H groups in total. The summed E-state index contributed by atoms with van der Waals surface area (Å²) in [5.41, 5.74) is 0.483. The summed E-state index contributed by atoms with van der Waals surface area (Å²) in [5.74, 6) is 0.795. The van der Waals surface area contributed by atoms with Gasteiger partial charge in [0.05, 0.1) is 0 Å². The van der Waals surface area contributed by atoms with E-state index in [0.717, 1.165) is 44.6 Å². The minimum absolute atomic E-state index is 0.0616. The molecule has 0 unspecified atom stereocenters. The SMILES string of the molecule is CCCN(CCC)c1cc(C(=O)NC2CCCCCC2)ncn1. The molecule has 0 aliphatic heterocycles. The van der Waals surface area contributed by atoms with Crippen molar-refractivity contribution in [1.29, 1.82) is 0 Å².